The third kappa shape index (κ3) is 2.44. The maximum Gasteiger partial charge on any atom is 0.341 e. The third-order valence-electron chi connectivity index (χ3n) is 2.97. The molecule has 3 N–H and O–H groups in total. The monoisotopic (exact) mass is 326 g/mol. The van der Waals surface area contributed by atoms with Crippen molar-refractivity contribution in [1.29, 1.82) is 0 Å². The lowest BCUT2D eigenvalue weighted by Gasteiger charge is -2.07. The molecule has 0 saturated heterocycles. The second-order valence-corrected chi connectivity index (χ2v) is 4.28. The fraction of sp³-hybridized carbons (Fsp3) is 0. The maximum atomic E-state index is 14.2. The summed E-state index contributed by atoms with van der Waals surface area (Å²) in [6, 6.07) is 5.06. The lowest BCUT2D eigenvalue weighted by Crippen LogP contribution is -2.06. The smallest absolute Gasteiger partial charge is 0.341 e. The summed E-state index contributed by atoms with van der Waals surface area (Å²) in [6.45, 7) is 0. The number of nitrogens with two attached hydrogens (primary N) is 1. The van der Waals surface area contributed by atoms with Gasteiger partial charge in [-0.05, 0) is 29.8 Å². The Bertz CT molecular complexity index is 882. The Labute approximate surface area is 128 Å². The van der Waals surface area contributed by atoms with Gasteiger partial charge in [0, 0.05) is 11.8 Å². The summed E-state index contributed by atoms with van der Waals surface area (Å²) < 4.78 is 29.0. The summed E-state index contributed by atoms with van der Waals surface area (Å²) >= 11 is 0. The molecule has 114 valence electrons. The third-order valence-corrected chi connectivity index (χ3v) is 2.97. The Balaban J connectivity index is 0.00000176. The number of nitrogen functional groups attached to an aromatic ring is 1. The maximum absolute atomic E-state index is 14.2. The first-order valence-electron chi connectivity index (χ1n) is 5.81. The molecule has 3 aromatic rings. The number of pyridine rings is 1. The molecule has 2 heterocycles. The molecule has 0 radical (unpaired) electrons. The first-order valence-corrected chi connectivity index (χ1v) is 5.81. The van der Waals surface area contributed by atoms with Gasteiger partial charge in [0.05, 0.1) is 0 Å². The highest BCUT2D eigenvalue weighted by Gasteiger charge is 2.20. The molecule has 0 amide bonds. The molecular weight excluding hydrogens is 318 g/mol. The SMILES string of the molecule is Cl.Nc1nc2cc(-c3ccc(F)c(C(=O)O)c3F)ccn2n1. The van der Waals surface area contributed by atoms with Crippen molar-refractivity contribution in [3.63, 3.8) is 0 Å². The molecule has 0 aliphatic carbocycles. The molecule has 6 nitrogen and oxygen atoms in total. The molecule has 0 unspecified atom stereocenters. The van der Waals surface area contributed by atoms with Crippen LogP contribution in [-0.2, 0) is 0 Å². The van der Waals surface area contributed by atoms with E-state index in [0.29, 0.717) is 11.2 Å². The summed E-state index contributed by atoms with van der Waals surface area (Å²) in [5.41, 5.74) is 5.12. The molecule has 0 saturated carbocycles. The van der Waals surface area contributed by atoms with Crippen molar-refractivity contribution in [2.45, 2.75) is 0 Å². The van der Waals surface area contributed by atoms with Crippen molar-refractivity contribution in [2.24, 2.45) is 0 Å². The lowest BCUT2D eigenvalue weighted by atomic mass is 10.0. The Kier molecular flexibility index (Phi) is 3.96. The summed E-state index contributed by atoms with van der Waals surface area (Å²) in [5, 5.41) is 12.7. The number of aromatic carboxylic acids is 1. The van der Waals surface area contributed by atoms with Crippen molar-refractivity contribution >= 4 is 30.0 Å². The minimum atomic E-state index is -1.67. The van der Waals surface area contributed by atoms with Gasteiger partial charge in [-0.1, -0.05) is 0 Å². The quantitative estimate of drug-likeness (QED) is 0.754. The molecule has 0 atom stereocenters. The highest BCUT2D eigenvalue weighted by molar-refractivity contribution is 5.90. The molecule has 0 fully saturated rings. The molecule has 22 heavy (non-hydrogen) atoms. The van der Waals surface area contributed by atoms with Crippen LogP contribution in [-0.4, -0.2) is 25.7 Å². The van der Waals surface area contributed by atoms with Gasteiger partial charge in [-0.2, -0.15) is 4.98 Å². The van der Waals surface area contributed by atoms with Crippen LogP contribution in [0.25, 0.3) is 16.8 Å². The molecule has 0 spiro atoms. The first-order chi connectivity index (χ1) is 9.97. The van der Waals surface area contributed by atoms with E-state index in [0.717, 1.165) is 6.07 Å². The standard InChI is InChI=1S/C13H8F2N4O2.ClH/c14-8-2-1-7(11(15)10(8)12(20)21)6-3-4-19-9(5-6)17-13(16)18-19;/h1-5H,(H2,16,18)(H,20,21);1H. The number of fused-ring (bicyclic) bond motifs is 1. The van der Waals surface area contributed by atoms with Crippen LogP contribution in [0.3, 0.4) is 0 Å². The van der Waals surface area contributed by atoms with Crippen LogP contribution in [0.1, 0.15) is 10.4 Å². The zero-order valence-electron chi connectivity index (χ0n) is 10.8. The Morgan fingerprint density at radius 2 is 2.00 bits per heavy atom. The van der Waals surface area contributed by atoms with Crippen LogP contribution in [0.15, 0.2) is 30.5 Å². The molecule has 0 bridgehead atoms. The zero-order chi connectivity index (χ0) is 15.1. The summed E-state index contributed by atoms with van der Waals surface area (Å²) in [6.07, 6.45) is 1.50. The number of carbonyl (C=O) groups is 1. The topological polar surface area (TPSA) is 93.5 Å². The molecule has 0 aliphatic heterocycles. The van der Waals surface area contributed by atoms with Crippen LogP contribution in [0.2, 0.25) is 0 Å². The molecule has 1 aromatic carbocycles. The number of nitrogens with zero attached hydrogens (tertiary/aromatic N) is 3. The van der Waals surface area contributed by atoms with Gasteiger partial charge in [-0.3, -0.25) is 0 Å². The fourth-order valence-corrected chi connectivity index (χ4v) is 2.04. The zero-order valence-corrected chi connectivity index (χ0v) is 11.6. The molecule has 2 aromatic heterocycles. The van der Waals surface area contributed by atoms with Gasteiger partial charge in [0.15, 0.2) is 5.65 Å². The Hall–Kier alpha value is -2.74. The average Bonchev–Trinajstić information content (AvgIpc) is 2.77. The predicted molar refractivity (Wildman–Crippen MR) is 77.0 cm³/mol. The van der Waals surface area contributed by atoms with Crippen molar-refractivity contribution < 1.29 is 18.7 Å². The van der Waals surface area contributed by atoms with Crippen molar-refractivity contribution in [2.75, 3.05) is 5.73 Å². The molecule has 0 aliphatic rings. The summed E-state index contributed by atoms with van der Waals surface area (Å²) in [4.78, 5) is 14.8. The summed E-state index contributed by atoms with van der Waals surface area (Å²) in [7, 11) is 0. The number of carboxylic acids is 1. The van der Waals surface area contributed by atoms with Gasteiger partial charge in [0.25, 0.3) is 0 Å². The second-order valence-electron chi connectivity index (χ2n) is 4.28. The highest BCUT2D eigenvalue weighted by atomic mass is 35.5. The number of hydrogen-bond donors (Lipinski definition) is 2. The number of anilines is 1. The molecule has 9 heteroatoms. The number of hydrogen-bond acceptors (Lipinski definition) is 4. The van der Waals surface area contributed by atoms with Crippen LogP contribution >= 0.6 is 12.4 Å². The van der Waals surface area contributed by atoms with Gasteiger partial charge in [0.1, 0.15) is 17.2 Å². The molecular formula is C13H9ClF2N4O2. The van der Waals surface area contributed by atoms with Gasteiger partial charge in [-0.15, -0.1) is 17.5 Å². The van der Waals surface area contributed by atoms with Crippen LogP contribution in [0.4, 0.5) is 14.7 Å². The van der Waals surface area contributed by atoms with Crippen molar-refractivity contribution in [1.82, 2.24) is 14.6 Å². The van der Waals surface area contributed by atoms with Gasteiger partial charge < -0.3 is 10.8 Å². The van der Waals surface area contributed by atoms with Gasteiger partial charge in [-0.25, -0.2) is 18.1 Å². The predicted octanol–water partition coefficient (Wildman–Crippen LogP) is 2.38. The number of rotatable bonds is 2. The minimum absolute atomic E-state index is 0. The van der Waals surface area contributed by atoms with E-state index in [4.69, 9.17) is 10.8 Å². The number of halogens is 3. The summed E-state index contributed by atoms with van der Waals surface area (Å²) in [5.74, 6) is -3.88. The van der Waals surface area contributed by atoms with E-state index in [-0.39, 0.29) is 23.9 Å². The number of benzene rings is 1. The highest BCUT2D eigenvalue weighted by Crippen LogP contribution is 2.27. The van der Waals surface area contributed by atoms with E-state index in [1.807, 2.05) is 0 Å². The van der Waals surface area contributed by atoms with Gasteiger partial charge in [0.2, 0.25) is 5.95 Å². The minimum Gasteiger partial charge on any atom is -0.477 e. The van der Waals surface area contributed by atoms with Gasteiger partial charge >= 0.3 is 5.97 Å². The van der Waals surface area contributed by atoms with E-state index in [1.54, 1.807) is 0 Å². The number of carboxylic acid groups (broad SMARTS) is 1. The average molecular weight is 327 g/mol. The lowest BCUT2D eigenvalue weighted by molar-refractivity contribution is 0.0686. The van der Waals surface area contributed by atoms with E-state index < -0.39 is 23.2 Å². The van der Waals surface area contributed by atoms with E-state index in [1.165, 1.54) is 28.9 Å². The number of aromatic nitrogens is 3. The van der Waals surface area contributed by atoms with Crippen LogP contribution in [0, 0.1) is 11.6 Å². The van der Waals surface area contributed by atoms with E-state index >= 15 is 0 Å². The second kappa shape index (κ2) is 5.57. The van der Waals surface area contributed by atoms with Crippen molar-refractivity contribution in [3.8, 4) is 11.1 Å². The Morgan fingerprint density at radius 3 is 2.68 bits per heavy atom. The van der Waals surface area contributed by atoms with E-state index in [2.05, 4.69) is 10.1 Å². The fourth-order valence-electron chi connectivity index (χ4n) is 2.04. The normalized spacial score (nSPS) is 10.5. The van der Waals surface area contributed by atoms with Crippen molar-refractivity contribution in [3.05, 3.63) is 47.7 Å². The first kappa shape index (κ1) is 15.6. The largest absolute Gasteiger partial charge is 0.477 e. The van der Waals surface area contributed by atoms with E-state index in [9.17, 15) is 13.6 Å². The van der Waals surface area contributed by atoms with Crippen LogP contribution in [0.5, 0.6) is 0 Å². The molecule has 3 rings (SSSR count). The van der Waals surface area contributed by atoms with Crippen LogP contribution < -0.4 is 5.73 Å². The Morgan fingerprint density at radius 1 is 1.27 bits per heavy atom.